The minimum absolute atomic E-state index is 0.0122. The summed E-state index contributed by atoms with van der Waals surface area (Å²) in [6.07, 6.45) is 0. The molecule has 20 heavy (non-hydrogen) atoms. The molecular weight excluding hydrogens is 290 g/mol. The minimum Gasteiger partial charge on any atom is -0.476 e. The number of nitrogens with two attached hydrogens (primary N) is 1. The largest absolute Gasteiger partial charge is 0.476 e. The minimum atomic E-state index is -4.71. The number of benzene rings is 1. The third-order valence-corrected chi connectivity index (χ3v) is 3.34. The second-order valence-electron chi connectivity index (χ2n) is 3.76. The van der Waals surface area contributed by atoms with Crippen LogP contribution >= 0.6 is 0 Å². The van der Waals surface area contributed by atoms with E-state index >= 15 is 0 Å². The van der Waals surface area contributed by atoms with Gasteiger partial charge in [0.1, 0.15) is 4.90 Å². The van der Waals surface area contributed by atoms with Gasteiger partial charge in [-0.25, -0.2) is 4.79 Å². The topological polar surface area (TPSA) is 159 Å². The van der Waals surface area contributed by atoms with Crippen molar-refractivity contribution in [3.63, 3.8) is 0 Å². The van der Waals surface area contributed by atoms with Gasteiger partial charge in [-0.2, -0.15) is 8.42 Å². The molecular formula is C10H7N3O6S. The van der Waals surface area contributed by atoms with Crippen LogP contribution in [0.3, 0.4) is 0 Å². The Kier molecular flexibility index (Phi) is 3.12. The fraction of sp³-hybridized carbons (Fsp3) is 0. The number of carboxylic acids is 1. The molecule has 104 valence electrons. The molecule has 0 atom stereocenters. The summed E-state index contributed by atoms with van der Waals surface area (Å²) in [6.45, 7) is 0. The van der Waals surface area contributed by atoms with Crippen molar-refractivity contribution in [1.29, 1.82) is 0 Å². The van der Waals surface area contributed by atoms with Crippen LogP contribution in [-0.2, 0) is 19.7 Å². The lowest BCUT2D eigenvalue weighted by atomic mass is 10.0. The van der Waals surface area contributed by atoms with Crippen LogP contribution in [0.5, 0.6) is 0 Å². The molecule has 0 aromatic heterocycles. The lowest BCUT2D eigenvalue weighted by Gasteiger charge is -2.08. The van der Waals surface area contributed by atoms with E-state index < -0.39 is 38.2 Å². The molecule has 4 N–H and O–H groups in total. The number of carbonyl (C=O) groups excluding carboxylic acids is 1. The highest BCUT2D eigenvalue weighted by atomic mass is 32.2. The zero-order chi connectivity index (χ0) is 15.1. The van der Waals surface area contributed by atoms with E-state index in [9.17, 15) is 18.0 Å². The number of aliphatic carboxylic acids is 1. The van der Waals surface area contributed by atoms with Crippen LogP contribution in [-0.4, -0.2) is 30.0 Å². The van der Waals surface area contributed by atoms with E-state index in [0.717, 1.165) is 12.1 Å². The number of azo groups is 1. The van der Waals surface area contributed by atoms with Crippen LogP contribution in [0.4, 0.5) is 5.69 Å². The molecule has 0 radical (unpaired) electrons. The lowest BCUT2D eigenvalue weighted by molar-refractivity contribution is -0.132. The van der Waals surface area contributed by atoms with Gasteiger partial charge in [-0.3, -0.25) is 9.35 Å². The summed E-state index contributed by atoms with van der Waals surface area (Å²) >= 11 is 0. The average Bonchev–Trinajstić information content (AvgIpc) is 2.70. The molecule has 2 rings (SSSR count). The summed E-state index contributed by atoms with van der Waals surface area (Å²) in [5.74, 6) is -2.57. The maximum atomic E-state index is 11.6. The van der Waals surface area contributed by atoms with Crippen molar-refractivity contribution in [1.82, 2.24) is 0 Å². The average molecular weight is 297 g/mol. The summed E-state index contributed by atoms with van der Waals surface area (Å²) < 4.78 is 31.7. The van der Waals surface area contributed by atoms with Crippen molar-refractivity contribution in [3.05, 3.63) is 29.5 Å². The van der Waals surface area contributed by atoms with E-state index in [1.54, 1.807) is 0 Å². The standard InChI is InChI=1S/C10H7N3O6S/c11-4-1-2-5(6(3-4)20(17,18)19)7-8(10(15)16)12-13-9(7)14/h1-3H,11H2,(H,15,16)(H,17,18,19). The zero-order valence-corrected chi connectivity index (χ0v) is 10.5. The molecule has 0 saturated heterocycles. The first-order valence-electron chi connectivity index (χ1n) is 5.03. The number of nitrogens with zero attached hydrogens (tertiary/aromatic N) is 2. The lowest BCUT2D eigenvalue weighted by Crippen LogP contribution is -2.09. The number of carbonyl (C=O) groups is 2. The van der Waals surface area contributed by atoms with E-state index in [1.807, 2.05) is 0 Å². The molecule has 10 heteroatoms. The molecule has 0 spiro atoms. The van der Waals surface area contributed by atoms with Crippen molar-refractivity contribution >= 4 is 33.3 Å². The number of carboxylic acid groups (broad SMARTS) is 1. The third-order valence-electron chi connectivity index (χ3n) is 2.45. The van der Waals surface area contributed by atoms with Gasteiger partial charge in [0.2, 0.25) is 0 Å². The van der Waals surface area contributed by atoms with Gasteiger partial charge in [0.05, 0.1) is 5.57 Å². The van der Waals surface area contributed by atoms with E-state index in [0.29, 0.717) is 0 Å². The molecule has 1 amide bonds. The zero-order valence-electron chi connectivity index (χ0n) is 9.64. The van der Waals surface area contributed by atoms with Crippen LogP contribution in [0, 0.1) is 0 Å². The Hall–Kier alpha value is -2.59. The van der Waals surface area contributed by atoms with Gasteiger partial charge in [0, 0.05) is 11.3 Å². The van der Waals surface area contributed by atoms with Crippen molar-refractivity contribution < 1.29 is 27.7 Å². The summed E-state index contributed by atoms with van der Waals surface area (Å²) in [7, 11) is -4.71. The first-order chi connectivity index (χ1) is 9.21. The van der Waals surface area contributed by atoms with Crippen LogP contribution in [0.2, 0.25) is 0 Å². The SMILES string of the molecule is Nc1ccc(C2=C(C(=O)O)N=NC2=O)c(S(=O)(=O)O)c1. The summed E-state index contributed by atoms with van der Waals surface area (Å²) in [4.78, 5) is 21.8. The van der Waals surface area contributed by atoms with Gasteiger partial charge >= 0.3 is 5.97 Å². The van der Waals surface area contributed by atoms with Crippen molar-refractivity contribution in [2.24, 2.45) is 10.2 Å². The van der Waals surface area contributed by atoms with Crippen LogP contribution < -0.4 is 5.73 Å². The van der Waals surface area contributed by atoms with Gasteiger partial charge in [-0.05, 0) is 12.1 Å². The molecule has 1 heterocycles. The Morgan fingerprint density at radius 3 is 2.45 bits per heavy atom. The van der Waals surface area contributed by atoms with Crippen molar-refractivity contribution in [2.45, 2.75) is 4.90 Å². The van der Waals surface area contributed by atoms with Gasteiger partial charge < -0.3 is 10.8 Å². The molecule has 1 aliphatic heterocycles. The second-order valence-corrected chi connectivity index (χ2v) is 5.15. The van der Waals surface area contributed by atoms with Gasteiger partial charge in [-0.1, -0.05) is 6.07 Å². The maximum Gasteiger partial charge on any atom is 0.357 e. The van der Waals surface area contributed by atoms with Crippen molar-refractivity contribution in [3.8, 4) is 0 Å². The smallest absolute Gasteiger partial charge is 0.357 e. The molecule has 0 fully saturated rings. The van der Waals surface area contributed by atoms with Crippen LogP contribution in [0.25, 0.3) is 5.57 Å². The van der Waals surface area contributed by atoms with E-state index in [-0.39, 0.29) is 11.3 Å². The Bertz CT molecular complexity index is 793. The first-order valence-corrected chi connectivity index (χ1v) is 6.47. The summed E-state index contributed by atoms with van der Waals surface area (Å²) in [5, 5.41) is 15.1. The number of nitrogen functional groups attached to an aromatic ring is 1. The molecule has 0 bridgehead atoms. The Morgan fingerprint density at radius 1 is 1.25 bits per heavy atom. The molecule has 1 aromatic carbocycles. The monoisotopic (exact) mass is 297 g/mol. The fourth-order valence-electron chi connectivity index (χ4n) is 1.65. The Labute approximate surface area is 112 Å². The van der Waals surface area contributed by atoms with Gasteiger partial charge in [-0.15, -0.1) is 10.2 Å². The number of rotatable bonds is 3. The molecule has 0 aliphatic carbocycles. The van der Waals surface area contributed by atoms with E-state index in [2.05, 4.69) is 10.2 Å². The van der Waals surface area contributed by atoms with E-state index in [1.165, 1.54) is 6.07 Å². The highest BCUT2D eigenvalue weighted by Gasteiger charge is 2.31. The molecule has 0 saturated carbocycles. The number of amides is 1. The first kappa shape index (κ1) is 13.8. The Balaban J connectivity index is 2.81. The van der Waals surface area contributed by atoms with Gasteiger partial charge in [0.25, 0.3) is 16.0 Å². The van der Waals surface area contributed by atoms with E-state index in [4.69, 9.17) is 15.4 Å². The number of anilines is 1. The highest BCUT2D eigenvalue weighted by Crippen LogP contribution is 2.32. The molecule has 1 aliphatic rings. The summed E-state index contributed by atoms with van der Waals surface area (Å²) in [5.41, 5.74) is 3.87. The third kappa shape index (κ3) is 2.29. The second kappa shape index (κ2) is 4.51. The normalized spacial score (nSPS) is 14.9. The molecule has 1 aromatic rings. The highest BCUT2D eigenvalue weighted by molar-refractivity contribution is 7.86. The predicted molar refractivity (Wildman–Crippen MR) is 65.1 cm³/mol. The fourth-order valence-corrected chi connectivity index (χ4v) is 2.38. The van der Waals surface area contributed by atoms with Gasteiger partial charge in [0.15, 0.2) is 5.70 Å². The number of hydrogen-bond acceptors (Lipinski definition) is 6. The quantitative estimate of drug-likeness (QED) is 0.534. The Morgan fingerprint density at radius 2 is 1.90 bits per heavy atom. The number of hydrogen-bond donors (Lipinski definition) is 3. The maximum absolute atomic E-state index is 11.6. The van der Waals surface area contributed by atoms with Crippen LogP contribution in [0.15, 0.2) is 39.0 Å². The predicted octanol–water partition coefficient (Wildman–Crippen LogP) is 0.304. The van der Waals surface area contributed by atoms with Crippen LogP contribution in [0.1, 0.15) is 5.56 Å². The molecule has 9 nitrogen and oxygen atoms in total. The molecule has 0 unspecified atom stereocenters. The van der Waals surface area contributed by atoms with Crippen molar-refractivity contribution in [2.75, 3.05) is 5.73 Å². The summed E-state index contributed by atoms with van der Waals surface area (Å²) in [6, 6.07) is 3.26.